The Bertz CT molecular complexity index is 1030. The molecule has 0 aliphatic heterocycles. The van der Waals surface area contributed by atoms with Crippen molar-refractivity contribution in [3.8, 4) is 5.75 Å². The van der Waals surface area contributed by atoms with Crippen LogP contribution in [0.25, 0.3) is 0 Å². The number of hydrogen-bond acceptors (Lipinski definition) is 4. The summed E-state index contributed by atoms with van der Waals surface area (Å²) in [5, 5.41) is 13.0. The van der Waals surface area contributed by atoms with E-state index in [-0.39, 0.29) is 11.3 Å². The molecule has 1 aromatic carbocycles. The molecule has 226 valence electrons. The molecule has 0 bridgehead atoms. The second-order valence-electron chi connectivity index (χ2n) is 11.8. The highest BCUT2D eigenvalue weighted by atomic mass is 16.5. The molecule has 1 heterocycles. The Morgan fingerprint density at radius 1 is 0.975 bits per heavy atom. The predicted molar refractivity (Wildman–Crippen MR) is 168 cm³/mol. The van der Waals surface area contributed by atoms with Gasteiger partial charge < -0.3 is 24.6 Å². The van der Waals surface area contributed by atoms with Crippen molar-refractivity contribution in [2.45, 2.75) is 118 Å². The number of aliphatic hydroxyl groups is 1. The van der Waals surface area contributed by atoms with Gasteiger partial charge in [0, 0.05) is 24.7 Å². The van der Waals surface area contributed by atoms with E-state index in [4.69, 9.17) is 4.74 Å². The molecule has 0 fully saturated rings. The lowest BCUT2D eigenvalue weighted by atomic mass is 9.71. The van der Waals surface area contributed by atoms with Gasteiger partial charge in [0.2, 0.25) is 0 Å². The Labute approximate surface area is 244 Å². The Balaban J connectivity index is 2.14. The standard InChI is InChI=1S/C34H57N3O3/c1-9-34(10-2,28-18-19-31(27(6)24-28)40-23-16-14-15-20-33(7,8)39)29-25-30(37(13-5)26-29)32(38)35-21-17-22-36(11-3)12-4/h18-19,24-26,39H,9-17,20-23H2,1-8H3,(H,35,38). The van der Waals surface area contributed by atoms with E-state index in [1.54, 1.807) is 0 Å². The molecule has 0 aliphatic carbocycles. The molecule has 40 heavy (non-hydrogen) atoms. The number of aryl methyl sites for hydroxylation is 2. The molecule has 0 spiro atoms. The van der Waals surface area contributed by atoms with Crippen molar-refractivity contribution >= 4 is 5.91 Å². The molecule has 0 saturated heterocycles. The number of nitrogens with zero attached hydrogens (tertiary/aromatic N) is 2. The minimum absolute atomic E-state index is 0.0104. The summed E-state index contributed by atoms with van der Waals surface area (Å²) in [6.07, 6.45) is 8.89. The maximum Gasteiger partial charge on any atom is 0.267 e. The van der Waals surface area contributed by atoms with Crippen LogP contribution in [0, 0.1) is 6.92 Å². The molecule has 2 rings (SSSR count). The summed E-state index contributed by atoms with van der Waals surface area (Å²) >= 11 is 0. The zero-order chi connectivity index (χ0) is 29.8. The average Bonchev–Trinajstić information content (AvgIpc) is 3.37. The number of amides is 1. The van der Waals surface area contributed by atoms with Crippen LogP contribution in [0.1, 0.15) is 121 Å². The van der Waals surface area contributed by atoms with Gasteiger partial charge in [0.15, 0.2) is 0 Å². The molecule has 2 N–H and O–H groups in total. The Kier molecular flexibility index (Phi) is 13.7. The van der Waals surface area contributed by atoms with Crippen molar-refractivity contribution in [1.82, 2.24) is 14.8 Å². The fraction of sp³-hybridized carbons (Fsp3) is 0.676. The summed E-state index contributed by atoms with van der Waals surface area (Å²) in [6.45, 7) is 22.0. The smallest absolute Gasteiger partial charge is 0.267 e. The van der Waals surface area contributed by atoms with Gasteiger partial charge >= 0.3 is 0 Å². The van der Waals surface area contributed by atoms with E-state index in [2.05, 4.69) is 86.8 Å². The normalized spacial score (nSPS) is 12.2. The quantitative estimate of drug-likeness (QED) is 0.182. The number of aromatic nitrogens is 1. The molecule has 2 aromatic rings. The minimum atomic E-state index is -0.591. The van der Waals surface area contributed by atoms with Gasteiger partial charge in [-0.1, -0.05) is 46.2 Å². The van der Waals surface area contributed by atoms with Gasteiger partial charge in [-0.3, -0.25) is 4.79 Å². The van der Waals surface area contributed by atoms with E-state index < -0.39 is 5.60 Å². The van der Waals surface area contributed by atoms with Crippen molar-refractivity contribution in [2.24, 2.45) is 0 Å². The number of hydrogen-bond donors (Lipinski definition) is 2. The third kappa shape index (κ3) is 9.37. The third-order valence-electron chi connectivity index (χ3n) is 8.48. The summed E-state index contributed by atoms with van der Waals surface area (Å²) in [6, 6.07) is 8.71. The molecule has 0 radical (unpaired) electrons. The summed E-state index contributed by atoms with van der Waals surface area (Å²) < 4.78 is 8.23. The van der Waals surface area contributed by atoms with Gasteiger partial charge in [-0.25, -0.2) is 0 Å². The SMILES string of the molecule is CCN(CC)CCCNC(=O)c1cc(C(CC)(CC)c2ccc(OCCCCCC(C)(C)O)c(C)c2)cn1CC. The first-order chi connectivity index (χ1) is 19.0. The molecular weight excluding hydrogens is 498 g/mol. The first kappa shape index (κ1) is 33.9. The monoisotopic (exact) mass is 555 g/mol. The molecule has 0 aliphatic rings. The minimum Gasteiger partial charge on any atom is -0.493 e. The van der Waals surface area contributed by atoms with E-state index >= 15 is 0 Å². The number of rotatable bonds is 19. The van der Waals surface area contributed by atoms with Crippen LogP contribution in [0.15, 0.2) is 30.5 Å². The number of benzene rings is 1. The number of carbonyl (C=O) groups is 1. The lowest BCUT2D eigenvalue weighted by Crippen LogP contribution is -2.30. The van der Waals surface area contributed by atoms with Gasteiger partial charge in [-0.2, -0.15) is 0 Å². The second kappa shape index (κ2) is 16.2. The molecule has 0 saturated carbocycles. The summed E-state index contributed by atoms with van der Waals surface area (Å²) in [5.41, 5.74) is 3.60. The van der Waals surface area contributed by atoms with Gasteiger partial charge in [0.25, 0.3) is 5.91 Å². The molecular formula is C34H57N3O3. The Hall–Kier alpha value is -2.31. The molecule has 1 aromatic heterocycles. The van der Waals surface area contributed by atoms with Crippen LogP contribution < -0.4 is 10.1 Å². The van der Waals surface area contributed by atoms with Crippen LogP contribution in [0.3, 0.4) is 0 Å². The molecule has 6 nitrogen and oxygen atoms in total. The van der Waals surface area contributed by atoms with E-state index in [9.17, 15) is 9.90 Å². The van der Waals surface area contributed by atoms with Gasteiger partial charge in [-0.05, 0) is 115 Å². The van der Waals surface area contributed by atoms with Crippen molar-refractivity contribution < 1.29 is 14.6 Å². The van der Waals surface area contributed by atoms with Crippen molar-refractivity contribution in [2.75, 3.05) is 32.8 Å². The van der Waals surface area contributed by atoms with Crippen LogP contribution in [-0.4, -0.2) is 58.9 Å². The third-order valence-corrected chi connectivity index (χ3v) is 8.48. The van der Waals surface area contributed by atoms with Crippen LogP contribution in [0.2, 0.25) is 0 Å². The van der Waals surface area contributed by atoms with Crippen LogP contribution in [0.5, 0.6) is 5.75 Å². The van der Waals surface area contributed by atoms with E-state index in [1.165, 1.54) is 11.1 Å². The summed E-state index contributed by atoms with van der Waals surface area (Å²) in [5.74, 6) is 0.944. The zero-order valence-corrected chi connectivity index (χ0v) is 26.7. The largest absolute Gasteiger partial charge is 0.493 e. The molecule has 0 atom stereocenters. The lowest BCUT2D eigenvalue weighted by molar-refractivity contribution is 0.0677. The fourth-order valence-corrected chi connectivity index (χ4v) is 5.72. The number of unbranched alkanes of at least 4 members (excludes halogenated alkanes) is 2. The van der Waals surface area contributed by atoms with Gasteiger partial charge in [0.1, 0.15) is 11.4 Å². The van der Waals surface area contributed by atoms with E-state index in [0.717, 1.165) is 88.1 Å². The van der Waals surface area contributed by atoms with Crippen LogP contribution in [0.4, 0.5) is 0 Å². The van der Waals surface area contributed by atoms with Crippen LogP contribution >= 0.6 is 0 Å². The predicted octanol–water partition coefficient (Wildman–Crippen LogP) is 7.09. The first-order valence-corrected chi connectivity index (χ1v) is 15.7. The zero-order valence-electron chi connectivity index (χ0n) is 26.7. The fourth-order valence-electron chi connectivity index (χ4n) is 5.72. The van der Waals surface area contributed by atoms with Crippen LogP contribution in [-0.2, 0) is 12.0 Å². The Morgan fingerprint density at radius 2 is 1.68 bits per heavy atom. The first-order valence-electron chi connectivity index (χ1n) is 15.7. The Morgan fingerprint density at radius 3 is 2.25 bits per heavy atom. The van der Waals surface area contributed by atoms with E-state index in [0.29, 0.717) is 13.2 Å². The maximum absolute atomic E-state index is 13.2. The van der Waals surface area contributed by atoms with E-state index in [1.807, 2.05) is 13.8 Å². The van der Waals surface area contributed by atoms with Crippen molar-refractivity contribution in [1.29, 1.82) is 0 Å². The molecule has 1 amide bonds. The maximum atomic E-state index is 13.2. The highest BCUT2D eigenvalue weighted by molar-refractivity contribution is 5.93. The van der Waals surface area contributed by atoms with Gasteiger partial charge in [0.05, 0.1) is 12.2 Å². The molecule has 0 unspecified atom stereocenters. The number of carbonyl (C=O) groups excluding carboxylic acids is 1. The second-order valence-corrected chi connectivity index (χ2v) is 11.8. The summed E-state index contributed by atoms with van der Waals surface area (Å²) in [7, 11) is 0. The van der Waals surface area contributed by atoms with Crippen molar-refractivity contribution in [3.05, 3.63) is 52.8 Å². The number of nitrogens with one attached hydrogen (secondary N) is 1. The molecule has 6 heteroatoms. The average molecular weight is 556 g/mol. The highest BCUT2D eigenvalue weighted by Gasteiger charge is 2.33. The summed E-state index contributed by atoms with van der Waals surface area (Å²) in [4.78, 5) is 15.6. The number of ether oxygens (including phenoxy) is 1. The highest BCUT2D eigenvalue weighted by Crippen LogP contribution is 2.41. The van der Waals surface area contributed by atoms with Gasteiger partial charge in [-0.15, -0.1) is 0 Å². The lowest BCUT2D eigenvalue weighted by Gasteiger charge is -2.32. The topological polar surface area (TPSA) is 66.7 Å². The van der Waals surface area contributed by atoms with Crippen molar-refractivity contribution in [3.63, 3.8) is 0 Å².